The number of nitrogens with zero attached hydrogens (tertiary/aromatic N) is 3. The fraction of sp³-hybridized carbons (Fsp3) is 0.227. The molecule has 1 aliphatic heterocycles. The van der Waals surface area contributed by atoms with E-state index in [0.29, 0.717) is 22.6 Å². The molecule has 0 amide bonds. The maximum atomic E-state index is 15.2. The van der Waals surface area contributed by atoms with Crippen LogP contribution in [0.3, 0.4) is 0 Å². The summed E-state index contributed by atoms with van der Waals surface area (Å²) in [5, 5.41) is 0. The van der Waals surface area contributed by atoms with E-state index in [4.69, 9.17) is 15.2 Å². The summed E-state index contributed by atoms with van der Waals surface area (Å²) in [4.78, 5) is 7.25. The van der Waals surface area contributed by atoms with Gasteiger partial charge in [-0.1, -0.05) is 12.1 Å². The number of methoxy groups -OCH3 is 2. The molecule has 31 heavy (non-hydrogen) atoms. The number of aromatic nitrogens is 1. The Kier molecular flexibility index (Phi) is 5.26. The zero-order valence-corrected chi connectivity index (χ0v) is 17.2. The molecule has 0 radical (unpaired) electrons. The number of nitrogen functional groups attached to an aromatic ring is 1. The number of hydrogen-bond acceptors (Lipinski definition) is 6. The molecule has 2 N–H and O–H groups in total. The summed E-state index contributed by atoms with van der Waals surface area (Å²) < 4.78 is 55.2. The van der Waals surface area contributed by atoms with Crippen molar-refractivity contribution in [2.24, 2.45) is 0 Å². The zero-order valence-electron chi connectivity index (χ0n) is 17.2. The second-order valence-corrected chi connectivity index (χ2v) is 7.12. The summed E-state index contributed by atoms with van der Waals surface area (Å²) >= 11 is 0. The van der Waals surface area contributed by atoms with Gasteiger partial charge in [-0.05, 0) is 19.1 Å². The summed E-state index contributed by atoms with van der Waals surface area (Å²) in [7, 11) is 2.57. The lowest BCUT2D eigenvalue weighted by atomic mass is 10.0. The van der Waals surface area contributed by atoms with Crippen molar-refractivity contribution in [2.45, 2.75) is 13.5 Å². The van der Waals surface area contributed by atoms with Crippen LogP contribution in [0.2, 0.25) is 0 Å². The maximum absolute atomic E-state index is 15.2. The molecule has 6 nitrogen and oxygen atoms in total. The number of fused-ring (bicyclic) bond motifs is 1. The van der Waals surface area contributed by atoms with Gasteiger partial charge in [0.15, 0.2) is 23.1 Å². The first-order valence-electron chi connectivity index (χ1n) is 9.48. The van der Waals surface area contributed by atoms with Crippen LogP contribution in [-0.2, 0) is 6.54 Å². The molecule has 0 saturated heterocycles. The molecule has 9 heteroatoms. The van der Waals surface area contributed by atoms with Crippen LogP contribution >= 0.6 is 0 Å². The number of anilines is 4. The van der Waals surface area contributed by atoms with Crippen LogP contribution in [0.4, 0.5) is 36.1 Å². The van der Waals surface area contributed by atoms with Gasteiger partial charge in [0.2, 0.25) is 0 Å². The minimum Gasteiger partial charge on any atom is -0.493 e. The molecule has 0 saturated carbocycles. The van der Waals surface area contributed by atoms with Crippen molar-refractivity contribution in [3.05, 3.63) is 65.1 Å². The predicted molar refractivity (Wildman–Crippen MR) is 112 cm³/mol. The van der Waals surface area contributed by atoms with E-state index in [9.17, 15) is 4.39 Å². The van der Waals surface area contributed by atoms with E-state index >= 15 is 8.78 Å². The Morgan fingerprint density at radius 1 is 1.00 bits per heavy atom. The first-order valence-corrected chi connectivity index (χ1v) is 9.48. The van der Waals surface area contributed by atoms with Gasteiger partial charge in [-0.15, -0.1) is 0 Å². The van der Waals surface area contributed by atoms with Gasteiger partial charge in [-0.2, -0.15) is 0 Å². The molecule has 162 valence electrons. The molecule has 2 heterocycles. The summed E-state index contributed by atoms with van der Waals surface area (Å²) in [6.45, 7) is 1.86. The number of rotatable bonds is 4. The second kappa shape index (κ2) is 7.90. The minimum atomic E-state index is -0.877. The van der Waals surface area contributed by atoms with E-state index in [2.05, 4.69) is 4.98 Å². The summed E-state index contributed by atoms with van der Waals surface area (Å²) in [5.41, 5.74) is 7.86. The molecule has 0 fully saturated rings. The lowest BCUT2D eigenvalue weighted by Gasteiger charge is -2.40. The van der Waals surface area contributed by atoms with Crippen LogP contribution in [0, 0.1) is 24.4 Å². The van der Waals surface area contributed by atoms with Crippen molar-refractivity contribution in [3.63, 3.8) is 0 Å². The number of hydrogen-bond donors (Lipinski definition) is 1. The lowest BCUT2D eigenvalue weighted by Crippen LogP contribution is -2.41. The van der Waals surface area contributed by atoms with Gasteiger partial charge in [0, 0.05) is 29.9 Å². The standard InChI is InChI=1S/C22H21F3N4O2/c1-12-20-13(9-27-22(12)26)10-28(11-29(20)15-7-5-4-6-14(15)23)21-18(24)16(30-2)8-17(31-3)19(21)25/h4-9H,10-11H2,1-3H3,(H2,26,27). The third kappa shape index (κ3) is 3.35. The van der Waals surface area contributed by atoms with Gasteiger partial charge in [0.05, 0.1) is 32.3 Å². The number of halogens is 3. The van der Waals surface area contributed by atoms with Crippen molar-refractivity contribution in [3.8, 4) is 11.5 Å². The number of para-hydroxylation sites is 1. The predicted octanol–water partition coefficient (Wildman–Crippen LogP) is 4.52. The molecular weight excluding hydrogens is 409 g/mol. The van der Waals surface area contributed by atoms with Crippen molar-refractivity contribution in [2.75, 3.05) is 36.4 Å². The smallest absolute Gasteiger partial charge is 0.191 e. The highest BCUT2D eigenvalue weighted by Gasteiger charge is 2.33. The quantitative estimate of drug-likeness (QED) is 0.657. The number of ether oxygens (including phenoxy) is 2. The summed E-state index contributed by atoms with van der Waals surface area (Å²) in [6, 6.07) is 7.32. The van der Waals surface area contributed by atoms with Gasteiger partial charge >= 0.3 is 0 Å². The highest BCUT2D eigenvalue weighted by molar-refractivity contribution is 5.77. The molecule has 1 aromatic heterocycles. The van der Waals surface area contributed by atoms with Crippen molar-refractivity contribution < 1.29 is 22.6 Å². The summed E-state index contributed by atoms with van der Waals surface area (Å²) in [6.07, 6.45) is 1.53. The van der Waals surface area contributed by atoms with Crippen LogP contribution in [0.15, 0.2) is 36.5 Å². The number of benzene rings is 2. The Balaban J connectivity index is 1.92. The third-order valence-electron chi connectivity index (χ3n) is 5.36. The molecule has 0 unspecified atom stereocenters. The first-order chi connectivity index (χ1) is 14.9. The van der Waals surface area contributed by atoms with Crippen LogP contribution in [0.1, 0.15) is 11.1 Å². The zero-order chi connectivity index (χ0) is 22.3. The summed E-state index contributed by atoms with van der Waals surface area (Å²) in [5.74, 6) is -2.26. The fourth-order valence-electron chi connectivity index (χ4n) is 3.82. The van der Waals surface area contributed by atoms with Gasteiger partial charge in [-0.3, -0.25) is 0 Å². The number of pyridine rings is 1. The molecular formula is C22H21F3N4O2. The Bertz CT molecular complexity index is 1130. The molecule has 0 aliphatic carbocycles. The first kappa shape index (κ1) is 20.6. The molecule has 4 rings (SSSR count). The Morgan fingerprint density at radius 3 is 2.26 bits per heavy atom. The Morgan fingerprint density at radius 2 is 1.65 bits per heavy atom. The molecule has 0 atom stereocenters. The Labute approximate surface area is 177 Å². The average Bonchev–Trinajstić information content (AvgIpc) is 2.76. The van der Waals surface area contributed by atoms with Crippen molar-refractivity contribution >= 4 is 22.9 Å². The molecule has 3 aromatic rings. The van der Waals surface area contributed by atoms with Crippen molar-refractivity contribution in [1.29, 1.82) is 0 Å². The molecule has 2 aromatic carbocycles. The highest BCUT2D eigenvalue weighted by atomic mass is 19.1. The Hall–Kier alpha value is -3.62. The van der Waals surface area contributed by atoms with Gasteiger partial charge in [0.1, 0.15) is 17.3 Å². The van der Waals surface area contributed by atoms with Gasteiger partial charge in [0.25, 0.3) is 0 Å². The van der Waals surface area contributed by atoms with E-state index in [-0.39, 0.29) is 36.1 Å². The maximum Gasteiger partial charge on any atom is 0.191 e. The van der Waals surface area contributed by atoms with E-state index in [0.717, 1.165) is 6.07 Å². The highest BCUT2D eigenvalue weighted by Crippen LogP contribution is 2.43. The van der Waals surface area contributed by atoms with E-state index < -0.39 is 17.5 Å². The van der Waals surface area contributed by atoms with E-state index in [1.807, 2.05) is 0 Å². The van der Waals surface area contributed by atoms with Crippen LogP contribution < -0.4 is 25.0 Å². The van der Waals surface area contributed by atoms with E-state index in [1.165, 1.54) is 31.4 Å². The van der Waals surface area contributed by atoms with Crippen molar-refractivity contribution in [1.82, 2.24) is 4.98 Å². The van der Waals surface area contributed by atoms with Gasteiger partial charge in [-0.25, -0.2) is 18.2 Å². The number of nitrogens with two attached hydrogens (primary N) is 1. The average molecular weight is 430 g/mol. The molecule has 0 spiro atoms. The van der Waals surface area contributed by atoms with Gasteiger partial charge < -0.3 is 25.0 Å². The SMILES string of the molecule is COc1cc(OC)c(F)c(N2Cc3cnc(N)c(C)c3N(c3ccccc3F)C2)c1F. The lowest BCUT2D eigenvalue weighted by molar-refractivity contribution is 0.358. The monoisotopic (exact) mass is 430 g/mol. The largest absolute Gasteiger partial charge is 0.493 e. The molecule has 1 aliphatic rings. The van der Waals surface area contributed by atoms with E-state index in [1.54, 1.807) is 30.0 Å². The normalized spacial score (nSPS) is 13.2. The minimum absolute atomic E-state index is 0.0393. The topological polar surface area (TPSA) is 63.9 Å². The van der Waals surface area contributed by atoms with Crippen LogP contribution in [0.25, 0.3) is 0 Å². The molecule has 0 bridgehead atoms. The van der Waals surface area contributed by atoms with Crippen LogP contribution in [-0.4, -0.2) is 25.9 Å². The van der Waals surface area contributed by atoms with Crippen LogP contribution in [0.5, 0.6) is 11.5 Å². The second-order valence-electron chi connectivity index (χ2n) is 7.12. The fourth-order valence-corrected chi connectivity index (χ4v) is 3.82. The third-order valence-corrected chi connectivity index (χ3v) is 5.36.